The van der Waals surface area contributed by atoms with Gasteiger partial charge in [0.15, 0.2) is 0 Å². The lowest BCUT2D eigenvalue weighted by molar-refractivity contribution is 0.0447. The zero-order valence-electron chi connectivity index (χ0n) is 12.7. The van der Waals surface area contributed by atoms with Crippen molar-refractivity contribution in [1.82, 2.24) is 5.32 Å². The van der Waals surface area contributed by atoms with Crippen molar-refractivity contribution in [3.63, 3.8) is 0 Å². The Bertz CT molecular complexity index is 697. The van der Waals surface area contributed by atoms with Crippen LogP contribution in [-0.2, 0) is 4.74 Å². The van der Waals surface area contributed by atoms with E-state index in [9.17, 15) is 9.90 Å². The number of rotatable bonds is 3. The molecule has 0 saturated heterocycles. The van der Waals surface area contributed by atoms with Crippen LogP contribution < -0.4 is 5.32 Å². The molecule has 1 saturated carbocycles. The second-order valence-electron chi connectivity index (χ2n) is 6.22. The molecule has 2 atom stereocenters. The van der Waals surface area contributed by atoms with Crippen LogP contribution in [0.3, 0.4) is 0 Å². The van der Waals surface area contributed by atoms with Gasteiger partial charge in [-0.25, -0.2) is 4.79 Å². The monoisotopic (exact) mass is 309 g/mol. The van der Waals surface area contributed by atoms with E-state index in [0.717, 1.165) is 12.8 Å². The summed E-state index contributed by atoms with van der Waals surface area (Å²) in [4.78, 5) is 11.9. The first kappa shape index (κ1) is 14.3. The van der Waals surface area contributed by atoms with Gasteiger partial charge >= 0.3 is 6.09 Å². The Labute approximate surface area is 135 Å². The average molecular weight is 309 g/mol. The predicted molar refractivity (Wildman–Crippen MR) is 87.2 cm³/mol. The third-order valence-electron chi connectivity index (χ3n) is 4.88. The van der Waals surface area contributed by atoms with Gasteiger partial charge in [-0.05, 0) is 35.1 Å². The molecule has 1 fully saturated rings. The molecule has 0 aliphatic heterocycles. The van der Waals surface area contributed by atoms with Crippen molar-refractivity contribution in [1.29, 1.82) is 0 Å². The van der Waals surface area contributed by atoms with Gasteiger partial charge in [0.05, 0.1) is 12.1 Å². The maximum Gasteiger partial charge on any atom is 0.407 e. The molecule has 2 aliphatic carbocycles. The van der Waals surface area contributed by atoms with Gasteiger partial charge in [0.2, 0.25) is 0 Å². The van der Waals surface area contributed by atoms with Crippen LogP contribution in [-0.4, -0.2) is 30.0 Å². The van der Waals surface area contributed by atoms with Crippen molar-refractivity contribution in [2.24, 2.45) is 0 Å². The van der Waals surface area contributed by atoms with Gasteiger partial charge < -0.3 is 15.2 Å². The molecule has 1 amide bonds. The van der Waals surface area contributed by atoms with Gasteiger partial charge in [-0.2, -0.15) is 0 Å². The molecular weight excluding hydrogens is 290 g/mol. The standard InChI is InChI=1S/C19H19NO3/c21-18-10-9-17(18)20-19(22)23-11-16-14-7-3-1-5-12(14)13-6-2-4-8-15(13)16/h1-8,16-18,21H,9-11H2,(H,20,22)/t17-,18+/m0/s1. The fourth-order valence-corrected chi connectivity index (χ4v) is 3.44. The van der Waals surface area contributed by atoms with Crippen LogP contribution in [0.2, 0.25) is 0 Å². The fourth-order valence-electron chi connectivity index (χ4n) is 3.44. The normalized spacial score (nSPS) is 22.0. The van der Waals surface area contributed by atoms with Crippen LogP contribution in [0.15, 0.2) is 48.5 Å². The molecular formula is C19H19NO3. The Kier molecular flexibility index (Phi) is 3.54. The molecule has 4 rings (SSSR count). The van der Waals surface area contributed by atoms with E-state index in [0.29, 0.717) is 6.61 Å². The number of nitrogens with one attached hydrogen (secondary N) is 1. The van der Waals surface area contributed by atoms with E-state index < -0.39 is 12.2 Å². The molecule has 4 nitrogen and oxygen atoms in total. The number of benzene rings is 2. The van der Waals surface area contributed by atoms with E-state index in [-0.39, 0.29) is 12.0 Å². The van der Waals surface area contributed by atoms with Crippen LogP contribution in [0.25, 0.3) is 11.1 Å². The first-order chi connectivity index (χ1) is 11.2. The Morgan fingerprint density at radius 1 is 1.04 bits per heavy atom. The fraction of sp³-hybridized carbons (Fsp3) is 0.316. The average Bonchev–Trinajstić information content (AvgIpc) is 2.91. The first-order valence-corrected chi connectivity index (χ1v) is 8.03. The van der Waals surface area contributed by atoms with Gasteiger partial charge in [0.25, 0.3) is 0 Å². The van der Waals surface area contributed by atoms with Gasteiger partial charge in [-0.15, -0.1) is 0 Å². The van der Waals surface area contributed by atoms with Crippen molar-refractivity contribution >= 4 is 6.09 Å². The zero-order chi connectivity index (χ0) is 15.8. The van der Waals surface area contributed by atoms with Crippen LogP contribution in [0.4, 0.5) is 4.79 Å². The number of amides is 1. The summed E-state index contributed by atoms with van der Waals surface area (Å²) in [5.41, 5.74) is 4.83. The minimum absolute atomic E-state index is 0.0689. The summed E-state index contributed by atoms with van der Waals surface area (Å²) in [6.07, 6.45) is 0.672. The number of carbonyl (C=O) groups excluding carboxylic acids is 1. The Morgan fingerprint density at radius 3 is 2.17 bits per heavy atom. The molecule has 2 aromatic carbocycles. The number of ether oxygens (including phenoxy) is 1. The van der Waals surface area contributed by atoms with E-state index in [2.05, 4.69) is 29.6 Å². The quantitative estimate of drug-likeness (QED) is 0.916. The lowest BCUT2D eigenvalue weighted by Gasteiger charge is -2.32. The van der Waals surface area contributed by atoms with E-state index in [1.165, 1.54) is 22.3 Å². The molecule has 2 aromatic rings. The van der Waals surface area contributed by atoms with Crippen molar-refractivity contribution in [2.45, 2.75) is 30.9 Å². The lowest BCUT2D eigenvalue weighted by Crippen LogP contribution is -2.50. The summed E-state index contributed by atoms with van der Waals surface area (Å²) in [5, 5.41) is 12.3. The number of aliphatic hydroxyl groups is 1. The largest absolute Gasteiger partial charge is 0.449 e. The van der Waals surface area contributed by atoms with Gasteiger partial charge in [0.1, 0.15) is 6.61 Å². The van der Waals surface area contributed by atoms with E-state index in [1.807, 2.05) is 24.3 Å². The minimum atomic E-state index is -0.449. The topological polar surface area (TPSA) is 58.6 Å². The maximum atomic E-state index is 11.9. The number of aliphatic hydroxyl groups excluding tert-OH is 1. The SMILES string of the molecule is O=C(N[C@H]1CC[C@H]1O)OCC1c2ccccc2-c2ccccc21. The molecule has 23 heavy (non-hydrogen) atoms. The molecule has 118 valence electrons. The highest BCUT2D eigenvalue weighted by Crippen LogP contribution is 2.44. The summed E-state index contributed by atoms with van der Waals surface area (Å²) in [6, 6.07) is 16.3. The highest BCUT2D eigenvalue weighted by Gasteiger charge is 2.32. The Morgan fingerprint density at radius 2 is 1.65 bits per heavy atom. The summed E-state index contributed by atoms with van der Waals surface area (Å²) in [7, 11) is 0. The van der Waals surface area contributed by atoms with Crippen molar-refractivity contribution in [3.8, 4) is 11.1 Å². The number of alkyl carbamates (subject to hydrolysis) is 1. The number of hydrogen-bond donors (Lipinski definition) is 2. The van der Waals surface area contributed by atoms with Crippen LogP contribution in [0.1, 0.15) is 29.9 Å². The lowest BCUT2D eigenvalue weighted by atomic mass is 9.89. The van der Waals surface area contributed by atoms with Crippen molar-refractivity contribution < 1.29 is 14.6 Å². The van der Waals surface area contributed by atoms with Crippen LogP contribution in [0, 0.1) is 0 Å². The van der Waals surface area contributed by atoms with Crippen molar-refractivity contribution in [3.05, 3.63) is 59.7 Å². The molecule has 4 heteroatoms. The molecule has 0 unspecified atom stereocenters. The van der Waals surface area contributed by atoms with Crippen molar-refractivity contribution in [2.75, 3.05) is 6.61 Å². The van der Waals surface area contributed by atoms with E-state index in [4.69, 9.17) is 4.74 Å². The van der Waals surface area contributed by atoms with Gasteiger partial charge in [-0.3, -0.25) is 0 Å². The zero-order valence-corrected chi connectivity index (χ0v) is 12.7. The molecule has 0 aromatic heterocycles. The maximum absolute atomic E-state index is 11.9. The summed E-state index contributed by atoms with van der Waals surface area (Å²) >= 11 is 0. The number of carbonyl (C=O) groups is 1. The molecule has 0 radical (unpaired) electrons. The third-order valence-corrected chi connectivity index (χ3v) is 4.88. The Balaban J connectivity index is 1.49. The Hall–Kier alpha value is -2.33. The summed E-state index contributed by atoms with van der Waals surface area (Å²) < 4.78 is 5.43. The van der Waals surface area contributed by atoms with E-state index >= 15 is 0 Å². The minimum Gasteiger partial charge on any atom is -0.449 e. The summed E-state index contributed by atoms with van der Waals surface area (Å²) in [5.74, 6) is 0.0689. The number of fused-ring (bicyclic) bond motifs is 3. The molecule has 2 aliphatic rings. The molecule has 2 N–H and O–H groups in total. The second kappa shape index (κ2) is 5.70. The van der Waals surface area contributed by atoms with Crippen LogP contribution >= 0.6 is 0 Å². The highest BCUT2D eigenvalue weighted by molar-refractivity contribution is 5.79. The van der Waals surface area contributed by atoms with Crippen LogP contribution in [0.5, 0.6) is 0 Å². The second-order valence-corrected chi connectivity index (χ2v) is 6.22. The van der Waals surface area contributed by atoms with E-state index in [1.54, 1.807) is 0 Å². The predicted octanol–water partition coefficient (Wildman–Crippen LogP) is 3.05. The first-order valence-electron chi connectivity index (χ1n) is 8.03. The van der Waals surface area contributed by atoms with Gasteiger partial charge in [0, 0.05) is 5.92 Å². The molecule has 0 bridgehead atoms. The third kappa shape index (κ3) is 2.49. The number of hydrogen-bond acceptors (Lipinski definition) is 3. The smallest absolute Gasteiger partial charge is 0.407 e. The molecule has 0 heterocycles. The van der Waals surface area contributed by atoms with Gasteiger partial charge in [-0.1, -0.05) is 48.5 Å². The molecule has 0 spiro atoms. The summed E-state index contributed by atoms with van der Waals surface area (Å²) in [6.45, 7) is 0.308. The highest BCUT2D eigenvalue weighted by atomic mass is 16.5.